The molecule has 1 unspecified atom stereocenters. The van der Waals surface area contributed by atoms with Gasteiger partial charge in [0.2, 0.25) is 0 Å². The third-order valence-corrected chi connectivity index (χ3v) is 2.99. The number of benzene rings is 1. The molecular weight excluding hydrogens is 391 g/mol. The maximum absolute atomic E-state index is 5.14. The van der Waals surface area contributed by atoms with Gasteiger partial charge in [-0.25, -0.2) is 4.99 Å². The molecule has 1 atom stereocenters. The third-order valence-electron chi connectivity index (χ3n) is 2.99. The summed E-state index contributed by atoms with van der Waals surface area (Å²) >= 11 is 0. The Morgan fingerprint density at radius 3 is 2.68 bits per heavy atom. The van der Waals surface area contributed by atoms with Gasteiger partial charge in [0.25, 0.3) is 0 Å². The summed E-state index contributed by atoms with van der Waals surface area (Å²) in [5.41, 5.74) is 2.38. The second-order valence-electron chi connectivity index (χ2n) is 5.26. The van der Waals surface area contributed by atoms with E-state index < -0.39 is 0 Å². The number of halogens is 1. The molecule has 5 nitrogen and oxygen atoms in total. The molecule has 1 rings (SSSR count). The summed E-state index contributed by atoms with van der Waals surface area (Å²) in [4.78, 5) is 6.72. The second kappa shape index (κ2) is 11.5. The Kier molecular flexibility index (Phi) is 11.0. The van der Waals surface area contributed by atoms with E-state index in [0.717, 1.165) is 12.5 Å². The normalized spacial score (nSPS) is 12.3. The predicted molar refractivity (Wildman–Crippen MR) is 105 cm³/mol. The van der Waals surface area contributed by atoms with Crippen LogP contribution < -0.4 is 15.5 Å². The van der Waals surface area contributed by atoms with E-state index in [9.17, 15) is 0 Å². The lowest BCUT2D eigenvalue weighted by atomic mass is 10.2. The summed E-state index contributed by atoms with van der Waals surface area (Å²) < 4.78 is 5.14. The van der Waals surface area contributed by atoms with Crippen LogP contribution in [0, 0.1) is 0 Å². The molecule has 0 radical (unpaired) electrons. The number of rotatable bonds is 7. The summed E-state index contributed by atoms with van der Waals surface area (Å²) in [7, 11) is 5.79. The number of anilines is 1. The molecule has 0 aliphatic rings. The highest BCUT2D eigenvalue weighted by atomic mass is 127. The zero-order valence-electron chi connectivity index (χ0n) is 14.2. The molecule has 0 spiro atoms. The largest absolute Gasteiger partial charge is 0.383 e. The highest BCUT2D eigenvalue weighted by Gasteiger charge is 2.04. The summed E-state index contributed by atoms with van der Waals surface area (Å²) in [5, 5.41) is 6.58. The molecule has 2 N–H and O–H groups in total. The highest BCUT2D eigenvalue weighted by Crippen LogP contribution is 2.13. The van der Waals surface area contributed by atoms with E-state index >= 15 is 0 Å². The summed E-state index contributed by atoms with van der Waals surface area (Å²) in [5.74, 6) is 0.817. The Hall–Kier alpha value is -1.02. The molecule has 0 saturated heterocycles. The van der Waals surface area contributed by atoms with Crippen molar-refractivity contribution in [3.05, 3.63) is 29.8 Å². The van der Waals surface area contributed by atoms with Crippen molar-refractivity contribution >= 4 is 35.6 Å². The lowest BCUT2D eigenvalue weighted by Gasteiger charge is -2.17. The Labute approximate surface area is 151 Å². The summed E-state index contributed by atoms with van der Waals surface area (Å²) in [6.45, 7) is 6.27. The Morgan fingerprint density at radius 1 is 1.36 bits per heavy atom. The number of nitrogens with zero attached hydrogens (tertiary/aromatic N) is 2. The van der Waals surface area contributed by atoms with Gasteiger partial charge < -0.3 is 20.3 Å². The van der Waals surface area contributed by atoms with Gasteiger partial charge in [-0.3, -0.25) is 0 Å². The van der Waals surface area contributed by atoms with Crippen LogP contribution in [0.2, 0.25) is 0 Å². The number of aliphatic imine (C=N–C) groups is 1. The fourth-order valence-electron chi connectivity index (χ4n) is 1.95. The molecule has 1 aromatic rings. The second-order valence-corrected chi connectivity index (χ2v) is 5.26. The Morgan fingerprint density at radius 2 is 2.09 bits per heavy atom. The molecule has 0 heterocycles. The van der Waals surface area contributed by atoms with Gasteiger partial charge in [0, 0.05) is 39.5 Å². The first-order valence-electron chi connectivity index (χ1n) is 7.36. The molecule has 126 valence electrons. The molecule has 1 aromatic carbocycles. The number of hydrogen-bond donors (Lipinski definition) is 2. The van der Waals surface area contributed by atoms with E-state index in [1.165, 1.54) is 11.3 Å². The van der Waals surface area contributed by atoms with Crippen molar-refractivity contribution in [2.24, 2.45) is 4.99 Å². The van der Waals surface area contributed by atoms with Crippen LogP contribution in [0.3, 0.4) is 0 Å². The maximum Gasteiger partial charge on any atom is 0.191 e. The molecular formula is C16H29IN4O. The number of guanidine groups is 1. The van der Waals surface area contributed by atoms with Crippen molar-refractivity contribution in [2.75, 3.05) is 39.3 Å². The monoisotopic (exact) mass is 420 g/mol. The maximum atomic E-state index is 5.14. The van der Waals surface area contributed by atoms with Crippen molar-refractivity contribution in [2.45, 2.75) is 26.4 Å². The lowest BCUT2D eigenvalue weighted by Crippen LogP contribution is -2.43. The van der Waals surface area contributed by atoms with Crippen molar-refractivity contribution in [1.29, 1.82) is 0 Å². The topological polar surface area (TPSA) is 48.9 Å². The molecule has 6 heteroatoms. The fourth-order valence-corrected chi connectivity index (χ4v) is 1.95. The van der Waals surface area contributed by atoms with Gasteiger partial charge in [0.1, 0.15) is 0 Å². The minimum atomic E-state index is 0. The minimum Gasteiger partial charge on any atom is -0.383 e. The standard InChI is InChI=1S/C16H28N4O.HI/c1-6-17-16(19-13(2)12-21-5)18-11-14-8-7-9-15(10-14)20(3)4;/h7-10,13H,6,11-12H2,1-5H3,(H2,17,18,19);1H. The van der Waals surface area contributed by atoms with Crippen molar-refractivity contribution < 1.29 is 4.74 Å². The molecule has 0 saturated carbocycles. The van der Waals surface area contributed by atoms with Crippen LogP contribution in [0.5, 0.6) is 0 Å². The van der Waals surface area contributed by atoms with Crippen LogP contribution in [0.15, 0.2) is 29.3 Å². The highest BCUT2D eigenvalue weighted by molar-refractivity contribution is 14.0. The SMILES string of the molecule is CCNC(=NCc1cccc(N(C)C)c1)NC(C)COC.I. The first kappa shape index (κ1) is 21.0. The Bertz CT molecular complexity index is 452. The van der Waals surface area contributed by atoms with Crippen LogP contribution in [0.1, 0.15) is 19.4 Å². The van der Waals surface area contributed by atoms with Crippen LogP contribution in [0.4, 0.5) is 5.69 Å². The summed E-state index contributed by atoms with van der Waals surface area (Å²) in [6.07, 6.45) is 0. The van der Waals surface area contributed by atoms with E-state index in [-0.39, 0.29) is 30.0 Å². The van der Waals surface area contributed by atoms with E-state index in [4.69, 9.17) is 4.74 Å². The number of nitrogens with one attached hydrogen (secondary N) is 2. The van der Waals surface area contributed by atoms with Crippen LogP contribution in [-0.4, -0.2) is 46.4 Å². The van der Waals surface area contributed by atoms with E-state index in [1.54, 1.807) is 7.11 Å². The minimum absolute atomic E-state index is 0. The van der Waals surface area contributed by atoms with Gasteiger partial charge in [-0.1, -0.05) is 12.1 Å². The number of methoxy groups -OCH3 is 1. The van der Waals surface area contributed by atoms with Gasteiger partial charge in [-0.15, -0.1) is 24.0 Å². The molecule has 0 aliphatic heterocycles. The quantitative estimate of drug-likeness (QED) is 0.404. The van der Waals surface area contributed by atoms with E-state index in [0.29, 0.717) is 13.2 Å². The average molecular weight is 420 g/mol. The van der Waals surface area contributed by atoms with Crippen LogP contribution in [0.25, 0.3) is 0 Å². The smallest absolute Gasteiger partial charge is 0.191 e. The van der Waals surface area contributed by atoms with Gasteiger partial charge in [-0.2, -0.15) is 0 Å². The number of hydrogen-bond acceptors (Lipinski definition) is 3. The molecule has 0 aliphatic carbocycles. The van der Waals surface area contributed by atoms with Crippen LogP contribution >= 0.6 is 24.0 Å². The zero-order valence-corrected chi connectivity index (χ0v) is 16.5. The third kappa shape index (κ3) is 7.84. The first-order valence-corrected chi connectivity index (χ1v) is 7.36. The average Bonchev–Trinajstić information content (AvgIpc) is 2.45. The van der Waals surface area contributed by atoms with Gasteiger partial charge >= 0.3 is 0 Å². The van der Waals surface area contributed by atoms with Crippen molar-refractivity contribution in [3.63, 3.8) is 0 Å². The van der Waals surface area contributed by atoms with Gasteiger partial charge in [-0.05, 0) is 31.5 Å². The van der Waals surface area contributed by atoms with Crippen molar-refractivity contribution in [3.8, 4) is 0 Å². The van der Waals surface area contributed by atoms with Gasteiger partial charge in [0.05, 0.1) is 13.2 Å². The van der Waals surface area contributed by atoms with E-state index in [1.807, 2.05) is 14.1 Å². The Balaban J connectivity index is 0.00000441. The molecule has 0 aromatic heterocycles. The molecule has 0 fully saturated rings. The van der Waals surface area contributed by atoms with Crippen LogP contribution in [-0.2, 0) is 11.3 Å². The molecule has 0 amide bonds. The van der Waals surface area contributed by atoms with Gasteiger partial charge in [0.15, 0.2) is 5.96 Å². The first-order chi connectivity index (χ1) is 10.1. The molecule has 22 heavy (non-hydrogen) atoms. The lowest BCUT2D eigenvalue weighted by molar-refractivity contribution is 0.179. The predicted octanol–water partition coefficient (Wildman–Crippen LogP) is 2.46. The van der Waals surface area contributed by atoms with E-state index in [2.05, 4.69) is 58.6 Å². The van der Waals surface area contributed by atoms with Crippen molar-refractivity contribution in [1.82, 2.24) is 10.6 Å². The molecule has 0 bridgehead atoms. The summed E-state index contributed by atoms with van der Waals surface area (Å²) in [6, 6.07) is 8.64. The number of ether oxygens (including phenoxy) is 1. The fraction of sp³-hybridized carbons (Fsp3) is 0.562. The zero-order chi connectivity index (χ0) is 15.7.